The van der Waals surface area contributed by atoms with E-state index in [-0.39, 0.29) is 17.3 Å². The van der Waals surface area contributed by atoms with E-state index in [2.05, 4.69) is 24.1 Å². The van der Waals surface area contributed by atoms with Crippen LogP contribution in [0.25, 0.3) is 10.9 Å². The molecule has 0 saturated heterocycles. The number of benzene rings is 1. The minimum absolute atomic E-state index is 0.00923. The molecule has 3 nitrogen and oxygen atoms in total. The molecule has 2 aromatic rings. The molecular weight excluding hydrogens is 255 g/mol. The molecule has 0 spiro atoms. The van der Waals surface area contributed by atoms with Crippen molar-refractivity contribution in [1.82, 2.24) is 10.3 Å². The first-order valence-electron chi connectivity index (χ1n) is 7.07. The standard InChI is InChI=1S/C16H19FN2O/c1-10(2)16(5-6-16)19-15(20)7-11-9-18-14-8-12(17)3-4-13(11)14/h3-4,8-10,18H,5-7H2,1-2H3,(H,19,20). The molecule has 1 aliphatic carbocycles. The molecule has 1 fully saturated rings. The number of aromatic nitrogens is 1. The van der Waals surface area contributed by atoms with Crippen LogP contribution in [0, 0.1) is 11.7 Å². The molecule has 1 heterocycles. The van der Waals surface area contributed by atoms with Gasteiger partial charge in [0.2, 0.25) is 5.91 Å². The van der Waals surface area contributed by atoms with E-state index >= 15 is 0 Å². The van der Waals surface area contributed by atoms with Crippen molar-refractivity contribution in [3.63, 3.8) is 0 Å². The number of carbonyl (C=O) groups is 1. The van der Waals surface area contributed by atoms with Gasteiger partial charge in [-0.05, 0) is 42.5 Å². The highest BCUT2D eigenvalue weighted by Gasteiger charge is 2.46. The maximum absolute atomic E-state index is 13.1. The minimum Gasteiger partial charge on any atom is -0.361 e. The van der Waals surface area contributed by atoms with E-state index in [0.29, 0.717) is 12.3 Å². The van der Waals surface area contributed by atoms with E-state index in [1.807, 2.05) is 0 Å². The molecule has 1 aromatic heterocycles. The van der Waals surface area contributed by atoms with Gasteiger partial charge in [-0.15, -0.1) is 0 Å². The zero-order chi connectivity index (χ0) is 14.3. The van der Waals surface area contributed by atoms with Crippen molar-refractivity contribution in [2.24, 2.45) is 5.92 Å². The summed E-state index contributed by atoms with van der Waals surface area (Å²) in [5.41, 5.74) is 1.66. The summed E-state index contributed by atoms with van der Waals surface area (Å²) in [6, 6.07) is 4.60. The Balaban J connectivity index is 1.75. The number of carbonyl (C=O) groups excluding carboxylic acids is 1. The first kappa shape index (κ1) is 13.2. The Morgan fingerprint density at radius 1 is 1.45 bits per heavy atom. The average Bonchev–Trinajstić information content (AvgIpc) is 3.06. The van der Waals surface area contributed by atoms with Gasteiger partial charge in [0.05, 0.1) is 6.42 Å². The first-order chi connectivity index (χ1) is 9.50. The smallest absolute Gasteiger partial charge is 0.224 e. The van der Waals surface area contributed by atoms with Gasteiger partial charge in [-0.25, -0.2) is 4.39 Å². The van der Waals surface area contributed by atoms with E-state index < -0.39 is 0 Å². The third-order valence-electron chi connectivity index (χ3n) is 4.36. The molecule has 3 rings (SSSR count). The second-order valence-corrected chi connectivity index (χ2v) is 6.04. The Bertz CT molecular complexity index is 656. The number of fused-ring (bicyclic) bond motifs is 1. The Hall–Kier alpha value is -1.84. The number of rotatable bonds is 4. The van der Waals surface area contributed by atoms with Crippen molar-refractivity contribution in [3.8, 4) is 0 Å². The fourth-order valence-electron chi connectivity index (χ4n) is 2.78. The normalized spacial score (nSPS) is 16.6. The summed E-state index contributed by atoms with van der Waals surface area (Å²) in [6.45, 7) is 4.28. The predicted molar refractivity (Wildman–Crippen MR) is 76.9 cm³/mol. The fraction of sp³-hybridized carbons (Fsp3) is 0.438. The van der Waals surface area contributed by atoms with Crippen LogP contribution in [0.3, 0.4) is 0 Å². The Morgan fingerprint density at radius 3 is 2.85 bits per heavy atom. The van der Waals surface area contributed by atoms with Gasteiger partial charge in [0.1, 0.15) is 5.82 Å². The van der Waals surface area contributed by atoms with Gasteiger partial charge < -0.3 is 10.3 Å². The predicted octanol–water partition coefficient (Wildman–Crippen LogP) is 3.15. The maximum Gasteiger partial charge on any atom is 0.224 e. The summed E-state index contributed by atoms with van der Waals surface area (Å²) in [4.78, 5) is 15.2. The number of H-pyrrole nitrogens is 1. The van der Waals surface area contributed by atoms with Gasteiger partial charge in [-0.1, -0.05) is 13.8 Å². The topological polar surface area (TPSA) is 44.9 Å². The van der Waals surface area contributed by atoms with Crippen LogP contribution >= 0.6 is 0 Å². The van der Waals surface area contributed by atoms with Crippen molar-refractivity contribution >= 4 is 16.8 Å². The molecule has 0 atom stereocenters. The molecule has 106 valence electrons. The SMILES string of the molecule is CC(C)C1(NC(=O)Cc2c[nH]c3cc(F)ccc23)CC1. The van der Waals surface area contributed by atoms with E-state index in [1.165, 1.54) is 12.1 Å². The number of hydrogen-bond donors (Lipinski definition) is 2. The highest BCUT2D eigenvalue weighted by Crippen LogP contribution is 2.42. The van der Waals surface area contributed by atoms with Gasteiger partial charge in [-0.3, -0.25) is 4.79 Å². The number of halogens is 1. The Labute approximate surface area is 117 Å². The lowest BCUT2D eigenvalue weighted by molar-refractivity contribution is -0.121. The van der Waals surface area contributed by atoms with Gasteiger partial charge in [-0.2, -0.15) is 0 Å². The van der Waals surface area contributed by atoms with Crippen LogP contribution < -0.4 is 5.32 Å². The number of aromatic amines is 1. The maximum atomic E-state index is 13.1. The molecule has 0 bridgehead atoms. The van der Waals surface area contributed by atoms with Crippen LogP contribution in [0.5, 0.6) is 0 Å². The van der Waals surface area contributed by atoms with Crippen LogP contribution in [0.1, 0.15) is 32.3 Å². The summed E-state index contributed by atoms with van der Waals surface area (Å²) >= 11 is 0. The van der Waals surface area contributed by atoms with Crippen molar-refractivity contribution in [2.75, 3.05) is 0 Å². The van der Waals surface area contributed by atoms with E-state index in [9.17, 15) is 9.18 Å². The molecular formula is C16H19FN2O. The molecule has 1 aliphatic rings. The van der Waals surface area contributed by atoms with Crippen LogP contribution in [-0.2, 0) is 11.2 Å². The molecule has 1 aromatic carbocycles. The van der Waals surface area contributed by atoms with Crippen molar-refractivity contribution < 1.29 is 9.18 Å². The largest absolute Gasteiger partial charge is 0.361 e. The van der Waals surface area contributed by atoms with E-state index in [0.717, 1.165) is 29.3 Å². The summed E-state index contributed by atoms with van der Waals surface area (Å²) in [5, 5.41) is 4.07. The second-order valence-electron chi connectivity index (χ2n) is 6.04. The third kappa shape index (κ3) is 2.30. The van der Waals surface area contributed by atoms with Crippen LogP contribution in [-0.4, -0.2) is 16.4 Å². The molecule has 0 unspecified atom stereocenters. The minimum atomic E-state index is -0.271. The molecule has 20 heavy (non-hydrogen) atoms. The highest BCUT2D eigenvalue weighted by molar-refractivity contribution is 5.89. The van der Waals surface area contributed by atoms with Crippen molar-refractivity contribution in [2.45, 2.75) is 38.6 Å². The first-order valence-corrected chi connectivity index (χ1v) is 7.07. The summed E-state index contributed by atoms with van der Waals surface area (Å²) in [6.07, 6.45) is 4.25. The van der Waals surface area contributed by atoms with Crippen LogP contribution in [0.15, 0.2) is 24.4 Å². The molecule has 4 heteroatoms. The molecule has 0 aliphatic heterocycles. The van der Waals surface area contributed by atoms with Crippen LogP contribution in [0.2, 0.25) is 0 Å². The molecule has 1 amide bonds. The van der Waals surface area contributed by atoms with Gasteiger partial charge in [0, 0.05) is 22.6 Å². The van der Waals surface area contributed by atoms with Gasteiger partial charge in [0.25, 0.3) is 0 Å². The molecule has 0 radical (unpaired) electrons. The molecule has 2 N–H and O–H groups in total. The van der Waals surface area contributed by atoms with Crippen molar-refractivity contribution in [1.29, 1.82) is 0 Å². The lowest BCUT2D eigenvalue weighted by Gasteiger charge is -2.21. The number of nitrogens with one attached hydrogen (secondary N) is 2. The average molecular weight is 274 g/mol. The van der Waals surface area contributed by atoms with Crippen LogP contribution in [0.4, 0.5) is 4.39 Å². The van der Waals surface area contributed by atoms with Gasteiger partial charge in [0.15, 0.2) is 0 Å². The summed E-state index contributed by atoms with van der Waals surface area (Å²) in [7, 11) is 0. The Kier molecular flexibility index (Phi) is 3.04. The summed E-state index contributed by atoms with van der Waals surface area (Å²) < 4.78 is 13.1. The van der Waals surface area contributed by atoms with E-state index in [1.54, 1.807) is 12.3 Å². The third-order valence-corrected chi connectivity index (χ3v) is 4.36. The second kappa shape index (κ2) is 4.62. The quantitative estimate of drug-likeness (QED) is 0.883. The summed E-state index contributed by atoms with van der Waals surface area (Å²) in [5.74, 6) is 0.233. The van der Waals surface area contributed by atoms with E-state index in [4.69, 9.17) is 0 Å². The molecule has 1 saturated carbocycles. The lowest BCUT2D eigenvalue weighted by atomic mass is 10.0. The monoisotopic (exact) mass is 274 g/mol. The Morgan fingerprint density at radius 2 is 2.20 bits per heavy atom. The fourth-order valence-corrected chi connectivity index (χ4v) is 2.78. The van der Waals surface area contributed by atoms with Gasteiger partial charge >= 0.3 is 0 Å². The van der Waals surface area contributed by atoms with Crippen molar-refractivity contribution in [3.05, 3.63) is 35.8 Å². The highest BCUT2D eigenvalue weighted by atomic mass is 19.1. The zero-order valence-electron chi connectivity index (χ0n) is 11.8. The zero-order valence-corrected chi connectivity index (χ0v) is 11.8. The number of hydrogen-bond acceptors (Lipinski definition) is 1. The number of amides is 1. The lowest BCUT2D eigenvalue weighted by Crippen LogP contribution is -2.41.